The van der Waals surface area contributed by atoms with Gasteiger partial charge in [-0.15, -0.1) is 0 Å². The van der Waals surface area contributed by atoms with Gasteiger partial charge >= 0.3 is 0 Å². The van der Waals surface area contributed by atoms with Gasteiger partial charge in [0.1, 0.15) is 5.69 Å². The Labute approximate surface area is 86.3 Å². The lowest BCUT2D eigenvalue weighted by Gasteiger charge is -2.14. The third kappa shape index (κ3) is 2.47. The molecule has 0 atom stereocenters. The lowest BCUT2D eigenvalue weighted by Crippen LogP contribution is -2.05. The van der Waals surface area contributed by atoms with E-state index in [-0.39, 0.29) is 11.3 Å². The molecule has 80 valence electrons. The van der Waals surface area contributed by atoms with Crippen LogP contribution in [0.5, 0.6) is 0 Å². The van der Waals surface area contributed by atoms with Crippen molar-refractivity contribution in [3.05, 3.63) is 29.6 Å². The lowest BCUT2D eigenvalue weighted by atomic mass is 10.2. The van der Waals surface area contributed by atoms with E-state index in [0.29, 0.717) is 0 Å². The molecule has 1 aromatic rings. The predicted octanol–water partition coefficient (Wildman–Crippen LogP) is 2.08. The molecule has 0 spiro atoms. The lowest BCUT2D eigenvalue weighted by molar-refractivity contribution is -0.107. The molecule has 0 aromatic heterocycles. The summed E-state index contributed by atoms with van der Waals surface area (Å²) in [7, 11) is 2.78. The summed E-state index contributed by atoms with van der Waals surface area (Å²) in [5.74, 6) is -0.644. The van der Waals surface area contributed by atoms with Crippen LogP contribution in [-0.4, -0.2) is 20.3 Å². The van der Waals surface area contributed by atoms with Crippen LogP contribution in [0.15, 0.2) is 23.2 Å². The molecule has 0 fully saturated rings. The number of benzene rings is 1. The molecular formula is C10H10FNO3. The first-order chi connectivity index (χ1) is 7.24. The van der Waals surface area contributed by atoms with Crippen molar-refractivity contribution in [2.24, 2.45) is 4.99 Å². The van der Waals surface area contributed by atoms with Crippen molar-refractivity contribution in [1.82, 2.24) is 0 Å². The van der Waals surface area contributed by atoms with Crippen LogP contribution in [-0.2, 0) is 14.3 Å². The monoisotopic (exact) mass is 211 g/mol. The minimum Gasteiger partial charge on any atom is -0.352 e. The maximum absolute atomic E-state index is 13.7. The molecule has 0 aliphatic carbocycles. The Hall–Kier alpha value is -1.55. The van der Waals surface area contributed by atoms with E-state index >= 15 is 0 Å². The van der Waals surface area contributed by atoms with Gasteiger partial charge in [0, 0.05) is 19.8 Å². The zero-order valence-electron chi connectivity index (χ0n) is 8.36. The zero-order valence-corrected chi connectivity index (χ0v) is 8.36. The van der Waals surface area contributed by atoms with Crippen molar-refractivity contribution < 1.29 is 18.7 Å². The van der Waals surface area contributed by atoms with Gasteiger partial charge in [-0.25, -0.2) is 9.18 Å². The minimum absolute atomic E-state index is 0.0819. The number of rotatable bonds is 4. The van der Waals surface area contributed by atoms with Gasteiger partial charge in [0.15, 0.2) is 12.1 Å². The molecule has 0 bridgehead atoms. The van der Waals surface area contributed by atoms with Gasteiger partial charge < -0.3 is 9.47 Å². The summed E-state index contributed by atoms with van der Waals surface area (Å²) in [5, 5.41) is 0. The third-order valence-electron chi connectivity index (χ3n) is 1.86. The maximum Gasteiger partial charge on any atom is 0.240 e. The molecule has 0 amide bonds. The van der Waals surface area contributed by atoms with Gasteiger partial charge in [-0.1, -0.05) is 12.1 Å². The number of hydrogen-bond acceptors (Lipinski definition) is 4. The Morgan fingerprint density at radius 1 is 1.40 bits per heavy atom. The van der Waals surface area contributed by atoms with Gasteiger partial charge in [0.2, 0.25) is 6.08 Å². The second kappa shape index (κ2) is 5.36. The number of carbonyl (C=O) groups excluding carboxylic acids is 1. The quantitative estimate of drug-likeness (QED) is 0.435. The Kier molecular flexibility index (Phi) is 4.12. The zero-order chi connectivity index (χ0) is 11.3. The molecular weight excluding hydrogens is 201 g/mol. The number of aliphatic imine (C=N–C) groups is 1. The molecule has 1 aromatic carbocycles. The maximum atomic E-state index is 13.7. The number of halogens is 1. The van der Waals surface area contributed by atoms with Gasteiger partial charge in [-0.2, -0.15) is 4.99 Å². The van der Waals surface area contributed by atoms with Crippen molar-refractivity contribution in [2.45, 2.75) is 6.29 Å². The number of methoxy groups -OCH3 is 2. The van der Waals surface area contributed by atoms with Crippen LogP contribution in [0, 0.1) is 5.82 Å². The highest BCUT2D eigenvalue weighted by Crippen LogP contribution is 2.27. The first kappa shape index (κ1) is 11.5. The van der Waals surface area contributed by atoms with Gasteiger partial charge in [-0.3, -0.25) is 0 Å². The molecule has 4 nitrogen and oxygen atoms in total. The first-order valence-electron chi connectivity index (χ1n) is 4.16. The fourth-order valence-corrected chi connectivity index (χ4v) is 1.20. The Bertz CT molecular complexity index is 384. The number of hydrogen-bond donors (Lipinski definition) is 0. The van der Waals surface area contributed by atoms with Crippen molar-refractivity contribution in [3.8, 4) is 0 Å². The SMILES string of the molecule is COC(OC)c1cccc(N=C=O)c1F. The molecule has 1 rings (SSSR count). The van der Waals surface area contributed by atoms with Crippen LogP contribution in [0.2, 0.25) is 0 Å². The van der Waals surface area contributed by atoms with E-state index in [9.17, 15) is 9.18 Å². The fourth-order valence-electron chi connectivity index (χ4n) is 1.20. The smallest absolute Gasteiger partial charge is 0.240 e. The van der Waals surface area contributed by atoms with E-state index in [1.54, 1.807) is 6.07 Å². The van der Waals surface area contributed by atoms with E-state index < -0.39 is 12.1 Å². The van der Waals surface area contributed by atoms with Crippen molar-refractivity contribution >= 4 is 11.8 Å². The molecule has 15 heavy (non-hydrogen) atoms. The summed E-state index contributed by atoms with van der Waals surface area (Å²) in [6.07, 6.45) is 0.467. The van der Waals surface area contributed by atoms with Crippen LogP contribution < -0.4 is 0 Å². The highest BCUT2D eigenvalue weighted by atomic mass is 19.1. The van der Waals surface area contributed by atoms with Crippen LogP contribution in [0.4, 0.5) is 10.1 Å². The van der Waals surface area contributed by atoms with Gasteiger partial charge in [-0.05, 0) is 6.07 Å². The molecule has 0 unspecified atom stereocenters. The van der Waals surface area contributed by atoms with Crippen LogP contribution in [0.1, 0.15) is 11.9 Å². The molecule has 0 N–H and O–H groups in total. The molecule has 0 saturated carbocycles. The summed E-state index contributed by atoms with van der Waals surface area (Å²) < 4.78 is 23.4. The largest absolute Gasteiger partial charge is 0.352 e. The topological polar surface area (TPSA) is 47.9 Å². The second-order valence-electron chi connectivity index (χ2n) is 2.69. The highest BCUT2D eigenvalue weighted by molar-refractivity contribution is 5.51. The van der Waals surface area contributed by atoms with Crippen molar-refractivity contribution in [1.29, 1.82) is 0 Å². The number of nitrogens with zero attached hydrogens (tertiary/aromatic N) is 1. The van der Waals surface area contributed by atoms with E-state index in [2.05, 4.69) is 4.99 Å². The Morgan fingerprint density at radius 3 is 2.60 bits per heavy atom. The first-order valence-corrected chi connectivity index (χ1v) is 4.16. The Balaban J connectivity index is 3.19. The van der Waals surface area contributed by atoms with E-state index in [4.69, 9.17) is 9.47 Å². The highest BCUT2D eigenvalue weighted by Gasteiger charge is 2.16. The van der Waals surface area contributed by atoms with Crippen LogP contribution >= 0.6 is 0 Å². The molecule has 0 heterocycles. The fraction of sp³-hybridized carbons (Fsp3) is 0.300. The normalized spacial score (nSPS) is 10.1. The third-order valence-corrected chi connectivity index (χ3v) is 1.86. The van der Waals surface area contributed by atoms with E-state index in [1.807, 2.05) is 0 Å². The standard InChI is InChI=1S/C10H10FNO3/c1-14-10(15-2)7-4-3-5-8(9(7)11)12-6-13/h3-5,10H,1-2H3. The van der Waals surface area contributed by atoms with E-state index in [1.165, 1.54) is 32.4 Å². The summed E-state index contributed by atoms with van der Waals surface area (Å²) >= 11 is 0. The molecule has 0 aliphatic rings. The molecule has 0 aliphatic heterocycles. The molecule has 0 radical (unpaired) electrons. The summed E-state index contributed by atoms with van der Waals surface area (Å²) in [6, 6.07) is 4.42. The predicted molar refractivity (Wildman–Crippen MR) is 50.9 cm³/mol. The van der Waals surface area contributed by atoms with Crippen LogP contribution in [0.25, 0.3) is 0 Å². The average Bonchev–Trinajstić information content (AvgIpc) is 2.25. The molecule has 0 saturated heterocycles. The van der Waals surface area contributed by atoms with Crippen molar-refractivity contribution in [2.75, 3.05) is 14.2 Å². The van der Waals surface area contributed by atoms with Gasteiger partial charge in [0.05, 0.1) is 0 Å². The number of isocyanates is 1. The van der Waals surface area contributed by atoms with Crippen molar-refractivity contribution in [3.63, 3.8) is 0 Å². The minimum atomic E-state index is -0.813. The van der Waals surface area contributed by atoms with Crippen LogP contribution in [0.3, 0.4) is 0 Å². The average molecular weight is 211 g/mol. The van der Waals surface area contributed by atoms with E-state index in [0.717, 1.165) is 0 Å². The second-order valence-corrected chi connectivity index (χ2v) is 2.69. The van der Waals surface area contributed by atoms with Gasteiger partial charge in [0.25, 0.3) is 0 Å². The summed E-state index contributed by atoms with van der Waals surface area (Å²) in [6.45, 7) is 0. The molecule has 5 heteroatoms. The summed E-state index contributed by atoms with van der Waals surface area (Å²) in [4.78, 5) is 13.3. The Morgan fingerprint density at radius 2 is 2.07 bits per heavy atom. The number of ether oxygens (including phenoxy) is 2. The summed E-state index contributed by atoms with van der Waals surface area (Å²) in [5.41, 5.74) is 0.109.